The van der Waals surface area contributed by atoms with E-state index in [0.717, 1.165) is 19.0 Å². The van der Waals surface area contributed by atoms with E-state index in [9.17, 15) is 9.18 Å². The number of rotatable bonds is 5. The number of carboxylic acids is 1. The van der Waals surface area contributed by atoms with Gasteiger partial charge in [0.1, 0.15) is 5.82 Å². The molecule has 0 unspecified atom stereocenters. The Kier molecular flexibility index (Phi) is 4.28. The maximum Gasteiger partial charge on any atom is 0.337 e. The lowest BCUT2D eigenvalue weighted by molar-refractivity contribution is 0.0697. The van der Waals surface area contributed by atoms with Gasteiger partial charge in [-0.25, -0.2) is 9.18 Å². The summed E-state index contributed by atoms with van der Waals surface area (Å²) in [5.41, 5.74) is 0.605. The average molecular weight is 225 g/mol. The molecular formula is C12H16FNO2. The smallest absolute Gasteiger partial charge is 0.337 e. The minimum absolute atomic E-state index is 0.0234. The molecule has 0 aliphatic rings. The molecule has 1 rings (SSSR count). The summed E-state index contributed by atoms with van der Waals surface area (Å²) in [5.74, 6) is -1.61. The first-order valence-corrected chi connectivity index (χ1v) is 5.38. The van der Waals surface area contributed by atoms with Crippen LogP contribution in [-0.4, -0.2) is 24.2 Å². The van der Waals surface area contributed by atoms with Crippen LogP contribution in [0.4, 0.5) is 10.1 Å². The second-order valence-electron chi connectivity index (χ2n) is 3.55. The zero-order valence-corrected chi connectivity index (χ0v) is 9.53. The first-order valence-electron chi connectivity index (χ1n) is 5.38. The van der Waals surface area contributed by atoms with Gasteiger partial charge in [-0.05, 0) is 31.5 Å². The molecule has 88 valence electrons. The summed E-state index contributed by atoms with van der Waals surface area (Å²) in [7, 11) is 0. The average Bonchev–Trinajstić information content (AvgIpc) is 2.26. The lowest BCUT2D eigenvalue weighted by Crippen LogP contribution is -2.25. The number of benzene rings is 1. The highest BCUT2D eigenvalue weighted by Crippen LogP contribution is 2.21. The number of hydrogen-bond donors (Lipinski definition) is 1. The summed E-state index contributed by atoms with van der Waals surface area (Å²) in [4.78, 5) is 12.9. The van der Waals surface area contributed by atoms with Gasteiger partial charge in [-0.2, -0.15) is 0 Å². The molecule has 0 spiro atoms. The van der Waals surface area contributed by atoms with Gasteiger partial charge in [0.25, 0.3) is 0 Å². The Hall–Kier alpha value is -1.58. The number of carboxylic acid groups (broad SMARTS) is 1. The fraction of sp³-hybridized carbons (Fsp3) is 0.417. The van der Waals surface area contributed by atoms with Crippen molar-refractivity contribution in [3.05, 3.63) is 29.6 Å². The van der Waals surface area contributed by atoms with Crippen molar-refractivity contribution in [2.75, 3.05) is 18.0 Å². The molecule has 0 aliphatic carbocycles. The van der Waals surface area contributed by atoms with E-state index in [2.05, 4.69) is 0 Å². The summed E-state index contributed by atoms with van der Waals surface area (Å²) in [6, 6.07) is 3.88. The molecule has 0 saturated heterocycles. The predicted octanol–water partition coefficient (Wildman–Crippen LogP) is 2.76. The van der Waals surface area contributed by atoms with E-state index in [1.54, 1.807) is 0 Å². The van der Waals surface area contributed by atoms with Crippen molar-refractivity contribution < 1.29 is 14.3 Å². The Balaban J connectivity index is 3.14. The monoisotopic (exact) mass is 225 g/mol. The molecule has 16 heavy (non-hydrogen) atoms. The summed E-state index contributed by atoms with van der Waals surface area (Å²) in [5, 5.41) is 9.01. The molecule has 0 bridgehead atoms. The molecule has 0 amide bonds. The Labute approximate surface area is 94.5 Å². The molecule has 0 aromatic heterocycles. The first-order chi connectivity index (χ1) is 7.60. The second-order valence-corrected chi connectivity index (χ2v) is 3.55. The number of anilines is 1. The van der Waals surface area contributed by atoms with Crippen LogP contribution >= 0.6 is 0 Å². The number of nitrogens with zero attached hydrogens (tertiary/aromatic N) is 1. The number of aromatic carboxylic acids is 1. The Morgan fingerprint density at radius 1 is 1.44 bits per heavy atom. The van der Waals surface area contributed by atoms with E-state index in [4.69, 9.17) is 5.11 Å². The molecule has 1 N–H and O–H groups in total. The van der Waals surface area contributed by atoms with Crippen LogP contribution in [0.1, 0.15) is 30.6 Å². The molecule has 0 heterocycles. The minimum atomic E-state index is -1.09. The summed E-state index contributed by atoms with van der Waals surface area (Å²) in [6.45, 7) is 5.44. The van der Waals surface area contributed by atoms with Crippen molar-refractivity contribution >= 4 is 11.7 Å². The van der Waals surface area contributed by atoms with Gasteiger partial charge in [0.05, 0.1) is 11.3 Å². The third-order valence-corrected chi connectivity index (χ3v) is 2.40. The predicted molar refractivity (Wildman–Crippen MR) is 61.5 cm³/mol. The van der Waals surface area contributed by atoms with Crippen molar-refractivity contribution in [3.8, 4) is 0 Å². The molecule has 1 aromatic carbocycles. The van der Waals surface area contributed by atoms with E-state index in [1.807, 2.05) is 18.7 Å². The lowest BCUT2D eigenvalue weighted by atomic mass is 10.1. The van der Waals surface area contributed by atoms with Crippen molar-refractivity contribution in [3.63, 3.8) is 0 Å². The van der Waals surface area contributed by atoms with Gasteiger partial charge < -0.3 is 10.0 Å². The third-order valence-electron chi connectivity index (χ3n) is 2.40. The lowest BCUT2D eigenvalue weighted by Gasteiger charge is -2.24. The van der Waals surface area contributed by atoms with Gasteiger partial charge in [-0.3, -0.25) is 0 Å². The molecule has 4 heteroatoms. The van der Waals surface area contributed by atoms with Crippen LogP contribution in [0.15, 0.2) is 18.2 Å². The van der Waals surface area contributed by atoms with Crippen LogP contribution in [-0.2, 0) is 0 Å². The molecule has 0 radical (unpaired) electrons. The molecule has 0 saturated carbocycles. The quantitative estimate of drug-likeness (QED) is 0.837. The highest BCUT2D eigenvalue weighted by Gasteiger charge is 2.15. The first kappa shape index (κ1) is 12.5. The molecule has 3 nitrogen and oxygen atoms in total. The van der Waals surface area contributed by atoms with Crippen LogP contribution in [0.5, 0.6) is 0 Å². The Bertz CT molecular complexity index is 379. The van der Waals surface area contributed by atoms with Gasteiger partial charge in [0.2, 0.25) is 0 Å². The summed E-state index contributed by atoms with van der Waals surface area (Å²) in [6.07, 6.45) is 0.921. The fourth-order valence-corrected chi connectivity index (χ4v) is 1.67. The third kappa shape index (κ3) is 2.72. The van der Waals surface area contributed by atoms with Gasteiger partial charge in [0, 0.05) is 13.1 Å². The van der Waals surface area contributed by atoms with Gasteiger partial charge >= 0.3 is 5.97 Å². The van der Waals surface area contributed by atoms with Crippen molar-refractivity contribution in [1.82, 2.24) is 0 Å². The largest absolute Gasteiger partial charge is 0.478 e. The van der Waals surface area contributed by atoms with Gasteiger partial charge in [-0.1, -0.05) is 6.92 Å². The van der Waals surface area contributed by atoms with Crippen LogP contribution in [0.3, 0.4) is 0 Å². The van der Waals surface area contributed by atoms with Crippen LogP contribution < -0.4 is 4.90 Å². The normalized spacial score (nSPS) is 10.2. The molecule has 0 fully saturated rings. The fourth-order valence-electron chi connectivity index (χ4n) is 1.67. The van der Waals surface area contributed by atoms with E-state index in [0.29, 0.717) is 12.2 Å². The highest BCUT2D eigenvalue weighted by atomic mass is 19.1. The van der Waals surface area contributed by atoms with E-state index < -0.39 is 11.8 Å². The maximum atomic E-state index is 13.0. The van der Waals surface area contributed by atoms with Crippen molar-refractivity contribution in [2.24, 2.45) is 0 Å². The summed E-state index contributed by atoms with van der Waals surface area (Å²) >= 11 is 0. The molecule has 0 atom stereocenters. The van der Waals surface area contributed by atoms with Gasteiger partial charge in [-0.15, -0.1) is 0 Å². The van der Waals surface area contributed by atoms with Crippen molar-refractivity contribution in [2.45, 2.75) is 20.3 Å². The molecule has 0 aliphatic heterocycles. The van der Waals surface area contributed by atoms with Crippen LogP contribution in [0.25, 0.3) is 0 Å². The van der Waals surface area contributed by atoms with Crippen LogP contribution in [0, 0.1) is 5.82 Å². The van der Waals surface area contributed by atoms with Crippen LogP contribution in [0.2, 0.25) is 0 Å². The number of halogens is 1. The molecular weight excluding hydrogens is 209 g/mol. The van der Waals surface area contributed by atoms with Crippen molar-refractivity contribution in [1.29, 1.82) is 0 Å². The number of hydrogen-bond acceptors (Lipinski definition) is 2. The number of carbonyl (C=O) groups is 1. The molecule has 1 aromatic rings. The van der Waals surface area contributed by atoms with E-state index in [1.165, 1.54) is 12.1 Å². The zero-order valence-electron chi connectivity index (χ0n) is 9.53. The van der Waals surface area contributed by atoms with E-state index >= 15 is 0 Å². The zero-order chi connectivity index (χ0) is 12.1. The highest BCUT2D eigenvalue weighted by molar-refractivity contribution is 5.94. The van der Waals surface area contributed by atoms with E-state index in [-0.39, 0.29) is 5.56 Å². The Morgan fingerprint density at radius 3 is 2.62 bits per heavy atom. The minimum Gasteiger partial charge on any atom is -0.478 e. The summed E-state index contributed by atoms with van der Waals surface area (Å²) < 4.78 is 13.0. The topological polar surface area (TPSA) is 40.5 Å². The second kappa shape index (κ2) is 5.49. The van der Waals surface area contributed by atoms with Gasteiger partial charge in [0.15, 0.2) is 0 Å². The standard InChI is InChI=1S/C12H16FNO2/c1-3-7-14(4-2)11-6-5-9(13)8-10(11)12(15)16/h5-6,8H,3-4,7H2,1-2H3,(H,15,16). The maximum absolute atomic E-state index is 13.0. The Morgan fingerprint density at radius 2 is 2.12 bits per heavy atom. The SMILES string of the molecule is CCCN(CC)c1ccc(F)cc1C(=O)O.